The maximum absolute atomic E-state index is 12.3. The third kappa shape index (κ3) is 3.28. The van der Waals surface area contributed by atoms with Gasteiger partial charge in [0.15, 0.2) is 5.69 Å². The number of nitrogen functional groups attached to an aromatic ring is 1. The minimum atomic E-state index is -0.0599. The predicted molar refractivity (Wildman–Crippen MR) is 75.8 cm³/mol. The zero-order chi connectivity index (χ0) is 13.8. The highest BCUT2D eigenvalue weighted by Crippen LogP contribution is 2.24. The molecule has 1 aromatic rings. The third-order valence-electron chi connectivity index (χ3n) is 3.92. The van der Waals surface area contributed by atoms with Crippen LogP contribution in [0, 0.1) is 5.92 Å². The quantitative estimate of drug-likeness (QED) is 0.906. The molecule has 0 radical (unpaired) electrons. The molecule has 106 valence electrons. The van der Waals surface area contributed by atoms with E-state index in [2.05, 4.69) is 5.10 Å². The molecule has 1 amide bonds. The first-order valence-corrected chi connectivity index (χ1v) is 7.20. The smallest absolute Gasteiger partial charge is 0.276 e. The summed E-state index contributed by atoms with van der Waals surface area (Å²) in [5.74, 6) is 0.576. The maximum atomic E-state index is 12.3. The molecular formula is C14H24N4O. The van der Waals surface area contributed by atoms with Gasteiger partial charge >= 0.3 is 0 Å². The van der Waals surface area contributed by atoms with Crippen molar-refractivity contribution >= 4 is 11.6 Å². The van der Waals surface area contributed by atoms with Crippen LogP contribution in [-0.2, 0) is 6.54 Å². The van der Waals surface area contributed by atoms with E-state index >= 15 is 0 Å². The highest BCUT2D eigenvalue weighted by molar-refractivity contribution is 5.96. The van der Waals surface area contributed by atoms with E-state index in [1.807, 2.05) is 14.0 Å². The van der Waals surface area contributed by atoms with Crippen molar-refractivity contribution in [3.05, 3.63) is 11.9 Å². The number of amides is 1. The van der Waals surface area contributed by atoms with Gasteiger partial charge in [0.2, 0.25) is 0 Å². The van der Waals surface area contributed by atoms with Gasteiger partial charge in [-0.25, -0.2) is 0 Å². The number of nitrogens with zero attached hydrogens (tertiary/aromatic N) is 3. The SMILES string of the molecule is CCn1cc(N)c(C(=O)N(C)CC2CCCCC2)n1. The lowest BCUT2D eigenvalue weighted by Crippen LogP contribution is -2.33. The molecule has 0 spiro atoms. The number of rotatable bonds is 4. The lowest BCUT2D eigenvalue weighted by molar-refractivity contribution is 0.0755. The molecule has 19 heavy (non-hydrogen) atoms. The molecule has 5 nitrogen and oxygen atoms in total. The lowest BCUT2D eigenvalue weighted by atomic mass is 9.89. The van der Waals surface area contributed by atoms with E-state index in [0.29, 0.717) is 17.3 Å². The van der Waals surface area contributed by atoms with Gasteiger partial charge in [-0.2, -0.15) is 5.10 Å². The Hall–Kier alpha value is -1.52. The van der Waals surface area contributed by atoms with Gasteiger partial charge in [-0.05, 0) is 25.7 Å². The summed E-state index contributed by atoms with van der Waals surface area (Å²) < 4.78 is 1.71. The Labute approximate surface area is 114 Å². The second-order valence-corrected chi connectivity index (χ2v) is 5.48. The van der Waals surface area contributed by atoms with E-state index in [1.165, 1.54) is 32.1 Å². The molecule has 2 N–H and O–H groups in total. The summed E-state index contributed by atoms with van der Waals surface area (Å²) in [7, 11) is 1.85. The number of hydrogen-bond acceptors (Lipinski definition) is 3. The van der Waals surface area contributed by atoms with Crippen LogP contribution in [0.4, 0.5) is 5.69 Å². The molecule has 0 aliphatic heterocycles. The zero-order valence-electron chi connectivity index (χ0n) is 11.9. The van der Waals surface area contributed by atoms with Gasteiger partial charge in [-0.3, -0.25) is 9.48 Å². The van der Waals surface area contributed by atoms with Gasteiger partial charge in [0, 0.05) is 26.3 Å². The molecule has 0 bridgehead atoms. The van der Waals surface area contributed by atoms with E-state index in [0.717, 1.165) is 13.1 Å². The second kappa shape index (κ2) is 6.08. The molecule has 0 saturated heterocycles. The Kier molecular flexibility index (Phi) is 4.45. The number of carbonyl (C=O) groups excluding carboxylic acids is 1. The number of carbonyl (C=O) groups is 1. The van der Waals surface area contributed by atoms with Gasteiger partial charge in [-0.1, -0.05) is 19.3 Å². The predicted octanol–water partition coefficient (Wildman–Crippen LogP) is 2.14. The van der Waals surface area contributed by atoms with Crippen LogP contribution in [0.25, 0.3) is 0 Å². The van der Waals surface area contributed by atoms with Crippen molar-refractivity contribution in [2.75, 3.05) is 19.3 Å². The van der Waals surface area contributed by atoms with Crippen molar-refractivity contribution in [3.8, 4) is 0 Å². The van der Waals surface area contributed by atoms with Crippen molar-refractivity contribution in [1.82, 2.24) is 14.7 Å². The Bertz CT molecular complexity index is 435. The minimum Gasteiger partial charge on any atom is -0.396 e. The van der Waals surface area contributed by atoms with Crippen LogP contribution in [-0.4, -0.2) is 34.2 Å². The van der Waals surface area contributed by atoms with E-state index in [4.69, 9.17) is 5.73 Å². The molecule has 1 saturated carbocycles. The number of hydrogen-bond donors (Lipinski definition) is 1. The van der Waals surface area contributed by atoms with Crippen molar-refractivity contribution in [2.45, 2.75) is 45.6 Å². The van der Waals surface area contributed by atoms with Gasteiger partial charge < -0.3 is 10.6 Å². The summed E-state index contributed by atoms with van der Waals surface area (Å²) in [4.78, 5) is 14.1. The van der Waals surface area contributed by atoms with Crippen molar-refractivity contribution in [2.24, 2.45) is 5.92 Å². The largest absolute Gasteiger partial charge is 0.396 e. The highest BCUT2D eigenvalue weighted by Gasteiger charge is 2.22. The van der Waals surface area contributed by atoms with E-state index in [9.17, 15) is 4.79 Å². The Balaban J connectivity index is 1.99. The highest BCUT2D eigenvalue weighted by atomic mass is 16.2. The van der Waals surface area contributed by atoms with Gasteiger partial charge in [0.1, 0.15) is 0 Å². The summed E-state index contributed by atoms with van der Waals surface area (Å²) in [6.07, 6.45) is 8.11. The van der Waals surface area contributed by atoms with Crippen LogP contribution in [0.15, 0.2) is 6.20 Å². The van der Waals surface area contributed by atoms with E-state index in [1.54, 1.807) is 15.8 Å². The fourth-order valence-corrected chi connectivity index (χ4v) is 2.79. The van der Waals surface area contributed by atoms with Crippen LogP contribution in [0.1, 0.15) is 49.5 Å². The van der Waals surface area contributed by atoms with Crippen LogP contribution >= 0.6 is 0 Å². The molecule has 0 aromatic carbocycles. The third-order valence-corrected chi connectivity index (χ3v) is 3.92. The molecule has 5 heteroatoms. The van der Waals surface area contributed by atoms with Crippen LogP contribution in [0.2, 0.25) is 0 Å². The monoisotopic (exact) mass is 264 g/mol. The average Bonchev–Trinajstić information content (AvgIpc) is 2.80. The van der Waals surface area contributed by atoms with E-state index < -0.39 is 0 Å². The summed E-state index contributed by atoms with van der Waals surface area (Å²) in [5.41, 5.74) is 6.72. The number of aromatic nitrogens is 2. The average molecular weight is 264 g/mol. The molecule has 1 aromatic heterocycles. The number of anilines is 1. The fourth-order valence-electron chi connectivity index (χ4n) is 2.79. The van der Waals surface area contributed by atoms with Gasteiger partial charge in [-0.15, -0.1) is 0 Å². The Morgan fingerprint density at radius 1 is 1.47 bits per heavy atom. The maximum Gasteiger partial charge on any atom is 0.276 e. The van der Waals surface area contributed by atoms with Crippen LogP contribution < -0.4 is 5.73 Å². The van der Waals surface area contributed by atoms with Crippen molar-refractivity contribution in [1.29, 1.82) is 0 Å². The summed E-state index contributed by atoms with van der Waals surface area (Å²) in [6, 6.07) is 0. The Morgan fingerprint density at radius 2 is 2.16 bits per heavy atom. The molecule has 0 atom stereocenters. The Morgan fingerprint density at radius 3 is 2.74 bits per heavy atom. The van der Waals surface area contributed by atoms with Crippen LogP contribution in [0.3, 0.4) is 0 Å². The summed E-state index contributed by atoms with van der Waals surface area (Å²) in [5, 5.41) is 4.24. The van der Waals surface area contributed by atoms with Gasteiger partial charge in [0.25, 0.3) is 5.91 Å². The molecule has 1 aliphatic carbocycles. The van der Waals surface area contributed by atoms with Gasteiger partial charge in [0.05, 0.1) is 5.69 Å². The number of nitrogens with two attached hydrogens (primary N) is 1. The lowest BCUT2D eigenvalue weighted by Gasteiger charge is -2.26. The minimum absolute atomic E-state index is 0.0599. The molecule has 1 heterocycles. The molecule has 2 rings (SSSR count). The normalized spacial score (nSPS) is 16.5. The zero-order valence-corrected chi connectivity index (χ0v) is 11.9. The van der Waals surface area contributed by atoms with E-state index in [-0.39, 0.29) is 5.91 Å². The first kappa shape index (κ1) is 13.9. The topological polar surface area (TPSA) is 64.2 Å². The number of aryl methyl sites for hydroxylation is 1. The molecule has 1 fully saturated rings. The van der Waals surface area contributed by atoms with Crippen LogP contribution in [0.5, 0.6) is 0 Å². The summed E-state index contributed by atoms with van der Waals surface area (Å²) in [6.45, 7) is 3.52. The van der Waals surface area contributed by atoms with Crippen molar-refractivity contribution < 1.29 is 4.79 Å². The standard InChI is InChI=1S/C14H24N4O/c1-3-18-10-12(15)13(16-18)14(19)17(2)9-11-7-5-4-6-8-11/h10-11H,3-9,15H2,1-2H3. The summed E-state index contributed by atoms with van der Waals surface area (Å²) >= 11 is 0. The fraction of sp³-hybridized carbons (Fsp3) is 0.714. The first-order valence-electron chi connectivity index (χ1n) is 7.20. The molecular weight excluding hydrogens is 240 g/mol. The second-order valence-electron chi connectivity index (χ2n) is 5.48. The molecule has 1 aliphatic rings. The first-order chi connectivity index (χ1) is 9.11. The molecule has 0 unspecified atom stereocenters. The van der Waals surface area contributed by atoms with Crippen molar-refractivity contribution in [3.63, 3.8) is 0 Å².